The van der Waals surface area contributed by atoms with Crippen molar-refractivity contribution in [2.45, 2.75) is 18.6 Å². The summed E-state index contributed by atoms with van der Waals surface area (Å²) >= 11 is 0. The van der Waals surface area contributed by atoms with Gasteiger partial charge >= 0.3 is 0 Å². The van der Waals surface area contributed by atoms with Crippen LogP contribution < -0.4 is 5.32 Å². The number of amides is 1. The van der Waals surface area contributed by atoms with Gasteiger partial charge < -0.3 is 29.2 Å². The fourth-order valence-corrected chi connectivity index (χ4v) is 3.95. The zero-order valence-electron chi connectivity index (χ0n) is 17.8. The number of aliphatic hydroxyl groups is 1. The predicted molar refractivity (Wildman–Crippen MR) is 114 cm³/mol. The minimum absolute atomic E-state index is 0.366. The number of pyridine rings is 2. The number of carbonyl (C=O) groups excluding carboxylic acids is 1. The van der Waals surface area contributed by atoms with Crippen molar-refractivity contribution in [1.82, 2.24) is 14.5 Å². The molecule has 4 rings (SSSR count). The van der Waals surface area contributed by atoms with Gasteiger partial charge in [0, 0.05) is 51.4 Å². The van der Waals surface area contributed by atoms with Crippen LogP contribution in [0.25, 0.3) is 22.2 Å². The Bertz CT molecular complexity index is 1100. The van der Waals surface area contributed by atoms with Crippen molar-refractivity contribution in [2.24, 2.45) is 7.05 Å². The van der Waals surface area contributed by atoms with Gasteiger partial charge in [-0.15, -0.1) is 0 Å². The smallest absolute Gasteiger partial charge is 0.251 e. The lowest BCUT2D eigenvalue weighted by molar-refractivity contribution is -0.118. The summed E-state index contributed by atoms with van der Waals surface area (Å²) in [6.45, 7) is 0.899. The number of aliphatic hydroxyl groups excluding tert-OH is 1. The molecule has 0 aromatic carbocycles. The highest BCUT2D eigenvalue weighted by molar-refractivity contribution is 5.98. The van der Waals surface area contributed by atoms with E-state index in [1.54, 1.807) is 26.5 Å². The molecule has 4 heterocycles. The first-order valence-electron chi connectivity index (χ1n) is 9.99. The maximum absolute atomic E-state index is 11.6. The SMILES string of the molecule is COCc1cc(-c2cn(C)c3cnc(NC(=O)CO)cc23)nc(C2(OC)CCOC2)c1. The fraction of sp³-hybridized carbons (Fsp3) is 0.409. The van der Waals surface area contributed by atoms with E-state index in [0.29, 0.717) is 25.6 Å². The Morgan fingerprint density at radius 3 is 2.87 bits per heavy atom. The van der Waals surface area contributed by atoms with Gasteiger partial charge in [0.05, 0.1) is 36.3 Å². The van der Waals surface area contributed by atoms with Crippen LogP contribution in [0, 0.1) is 0 Å². The normalized spacial score (nSPS) is 18.6. The van der Waals surface area contributed by atoms with Crippen LogP contribution in [0.2, 0.25) is 0 Å². The van der Waals surface area contributed by atoms with Crippen LogP contribution in [0.3, 0.4) is 0 Å². The minimum Gasteiger partial charge on any atom is -0.387 e. The predicted octanol–water partition coefficient (Wildman–Crippen LogP) is 1.97. The quantitative estimate of drug-likeness (QED) is 0.595. The first-order chi connectivity index (χ1) is 15.0. The average Bonchev–Trinajstić information content (AvgIpc) is 3.39. The van der Waals surface area contributed by atoms with E-state index in [9.17, 15) is 4.79 Å². The number of aromatic nitrogens is 3. The molecule has 1 fully saturated rings. The number of fused-ring (bicyclic) bond motifs is 1. The Labute approximate surface area is 180 Å². The molecule has 9 heteroatoms. The molecular formula is C22H26N4O5. The van der Waals surface area contributed by atoms with Gasteiger partial charge in [-0.25, -0.2) is 9.97 Å². The summed E-state index contributed by atoms with van der Waals surface area (Å²) in [5.74, 6) is -0.153. The van der Waals surface area contributed by atoms with Crippen molar-refractivity contribution < 1.29 is 24.1 Å². The molecule has 0 spiro atoms. The summed E-state index contributed by atoms with van der Waals surface area (Å²) in [5.41, 5.74) is 3.74. The van der Waals surface area contributed by atoms with Gasteiger partial charge in [0.25, 0.3) is 5.91 Å². The fourth-order valence-electron chi connectivity index (χ4n) is 3.95. The number of ether oxygens (including phenoxy) is 3. The van der Waals surface area contributed by atoms with Gasteiger partial charge in [0.15, 0.2) is 0 Å². The number of aryl methyl sites for hydroxylation is 1. The van der Waals surface area contributed by atoms with Gasteiger partial charge in [-0.1, -0.05) is 0 Å². The van der Waals surface area contributed by atoms with Crippen LogP contribution in [0.5, 0.6) is 0 Å². The van der Waals surface area contributed by atoms with Crippen molar-refractivity contribution in [3.8, 4) is 11.3 Å². The van der Waals surface area contributed by atoms with E-state index in [0.717, 1.165) is 39.8 Å². The van der Waals surface area contributed by atoms with Gasteiger partial charge in [0.1, 0.15) is 18.0 Å². The van der Waals surface area contributed by atoms with Crippen LogP contribution in [-0.4, -0.2) is 59.6 Å². The molecule has 1 aliphatic heterocycles. The Morgan fingerprint density at radius 1 is 1.35 bits per heavy atom. The second-order valence-corrected chi connectivity index (χ2v) is 7.63. The lowest BCUT2D eigenvalue weighted by Crippen LogP contribution is -2.30. The number of methoxy groups -OCH3 is 2. The van der Waals surface area contributed by atoms with Crippen molar-refractivity contribution in [3.63, 3.8) is 0 Å². The Kier molecular flexibility index (Phi) is 6.01. The molecular weight excluding hydrogens is 400 g/mol. The number of carbonyl (C=O) groups is 1. The van der Waals surface area contributed by atoms with Crippen molar-refractivity contribution in [1.29, 1.82) is 0 Å². The summed E-state index contributed by atoms with van der Waals surface area (Å²) < 4.78 is 18.8. The summed E-state index contributed by atoms with van der Waals surface area (Å²) in [6, 6.07) is 5.78. The van der Waals surface area contributed by atoms with Gasteiger partial charge in [-0.05, 0) is 23.8 Å². The largest absolute Gasteiger partial charge is 0.387 e. The number of anilines is 1. The van der Waals surface area contributed by atoms with Crippen LogP contribution in [0.4, 0.5) is 5.82 Å². The number of hydrogen-bond donors (Lipinski definition) is 2. The molecule has 164 valence electrons. The standard InChI is InChI=1S/C22H26N4O5/c1-26-10-16(15-8-20(23-9-18(15)26)25-21(28)11-27)17-6-14(12-29-2)7-19(24-17)22(30-3)4-5-31-13-22/h6-10,27H,4-5,11-13H2,1-3H3,(H,23,25,28). The molecule has 1 atom stereocenters. The lowest BCUT2D eigenvalue weighted by atomic mass is 9.95. The lowest BCUT2D eigenvalue weighted by Gasteiger charge is -2.26. The highest BCUT2D eigenvalue weighted by Gasteiger charge is 2.39. The van der Waals surface area contributed by atoms with E-state index >= 15 is 0 Å². The number of hydrogen-bond acceptors (Lipinski definition) is 7. The second-order valence-electron chi connectivity index (χ2n) is 7.63. The first-order valence-corrected chi connectivity index (χ1v) is 9.99. The van der Waals surface area contributed by atoms with Gasteiger partial charge in [-0.3, -0.25) is 4.79 Å². The number of nitrogens with one attached hydrogen (secondary N) is 1. The van der Waals surface area contributed by atoms with Crippen molar-refractivity contribution in [2.75, 3.05) is 39.4 Å². The molecule has 0 saturated carbocycles. The Balaban J connectivity index is 1.86. The zero-order chi connectivity index (χ0) is 22.0. The average molecular weight is 426 g/mol. The molecule has 1 amide bonds. The molecule has 31 heavy (non-hydrogen) atoms. The van der Waals surface area contributed by atoms with Crippen LogP contribution >= 0.6 is 0 Å². The molecule has 0 aliphatic carbocycles. The third-order valence-corrected chi connectivity index (χ3v) is 5.60. The van der Waals surface area contributed by atoms with Gasteiger partial charge in [-0.2, -0.15) is 0 Å². The van der Waals surface area contributed by atoms with Crippen molar-refractivity contribution in [3.05, 3.63) is 41.9 Å². The Hall–Kier alpha value is -2.85. The highest BCUT2D eigenvalue weighted by Crippen LogP contribution is 2.36. The van der Waals surface area contributed by atoms with Crippen LogP contribution in [-0.2, 0) is 38.3 Å². The molecule has 2 N–H and O–H groups in total. The second kappa shape index (κ2) is 8.72. The third kappa shape index (κ3) is 4.05. The minimum atomic E-state index is -0.605. The zero-order valence-corrected chi connectivity index (χ0v) is 17.8. The summed E-state index contributed by atoms with van der Waals surface area (Å²) in [7, 11) is 5.27. The monoisotopic (exact) mass is 426 g/mol. The highest BCUT2D eigenvalue weighted by atomic mass is 16.5. The van der Waals surface area contributed by atoms with E-state index in [4.69, 9.17) is 24.3 Å². The Morgan fingerprint density at radius 2 is 2.19 bits per heavy atom. The van der Waals surface area contributed by atoms with E-state index < -0.39 is 18.1 Å². The maximum atomic E-state index is 11.6. The molecule has 9 nitrogen and oxygen atoms in total. The molecule has 3 aromatic heterocycles. The third-order valence-electron chi connectivity index (χ3n) is 5.60. The van der Waals surface area contributed by atoms with E-state index in [1.807, 2.05) is 29.9 Å². The molecule has 1 aliphatic rings. The van der Waals surface area contributed by atoms with E-state index in [2.05, 4.69) is 10.3 Å². The first kappa shape index (κ1) is 21.4. The van der Waals surface area contributed by atoms with Crippen molar-refractivity contribution >= 4 is 22.6 Å². The summed E-state index contributed by atoms with van der Waals surface area (Å²) in [5, 5.41) is 12.5. The molecule has 0 bridgehead atoms. The summed E-state index contributed by atoms with van der Waals surface area (Å²) in [6.07, 6.45) is 4.40. The molecule has 3 aromatic rings. The topological polar surface area (TPSA) is 108 Å². The van der Waals surface area contributed by atoms with Crippen LogP contribution in [0.15, 0.2) is 30.6 Å². The van der Waals surface area contributed by atoms with Crippen LogP contribution in [0.1, 0.15) is 17.7 Å². The molecule has 1 saturated heterocycles. The van der Waals surface area contributed by atoms with Gasteiger partial charge in [0.2, 0.25) is 0 Å². The van der Waals surface area contributed by atoms with E-state index in [-0.39, 0.29) is 0 Å². The summed E-state index contributed by atoms with van der Waals surface area (Å²) in [4.78, 5) is 20.8. The number of rotatable bonds is 7. The maximum Gasteiger partial charge on any atom is 0.251 e. The molecule has 1 unspecified atom stereocenters. The van der Waals surface area contributed by atoms with E-state index in [1.165, 1.54) is 0 Å². The number of nitrogens with zero attached hydrogens (tertiary/aromatic N) is 3. The molecule has 0 radical (unpaired) electrons.